The van der Waals surface area contributed by atoms with Gasteiger partial charge in [0.25, 0.3) is 0 Å². The number of nitrogens with one attached hydrogen (secondary N) is 2. The van der Waals surface area contributed by atoms with Crippen LogP contribution in [0.25, 0.3) is 11.5 Å². The Morgan fingerprint density at radius 3 is 2.94 bits per heavy atom. The van der Waals surface area contributed by atoms with Gasteiger partial charge >= 0.3 is 0 Å². The van der Waals surface area contributed by atoms with Gasteiger partial charge in [0.1, 0.15) is 5.69 Å². The van der Waals surface area contributed by atoms with Crippen molar-refractivity contribution in [2.75, 3.05) is 6.54 Å². The summed E-state index contributed by atoms with van der Waals surface area (Å²) in [6, 6.07) is 6.22. The first-order valence-corrected chi connectivity index (χ1v) is 5.93. The van der Waals surface area contributed by atoms with Crippen LogP contribution in [0.3, 0.4) is 0 Å². The zero-order valence-electron chi connectivity index (χ0n) is 10.5. The van der Waals surface area contributed by atoms with Gasteiger partial charge in [-0.15, -0.1) is 0 Å². The third-order valence-electron chi connectivity index (χ3n) is 2.70. The monoisotopic (exact) mass is 230 g/mol. The van der Waals surface area contributed by atoms with Gasteiger partial charge in [-0.05, 0) is 32.5 Å². The largest absolute Gasteiger partial charge is 0.339 e. The molecule has 0 aliphatic rings. The van der Waals surface area contributed by atoms with Crippen LogP contribution < -0.4 is 5.32 Å². The lowest BCUT2D eigenvalue weighted by molar-refractivity contribution is 0.586. The Kier molecular flexibility index (Phi) is 3.54. The first-order chi connectivity index (χ1) is 8.20. The molecule has 17 heavy (non-hydrogen) atoms. The molecule has 0 radical (unpaired) electrons. The molecule has 0 bridgehead atoms. The summed E-state index contributed by atoms with van der Waals surface area (Å²) in [7, 11) is 0. The number of pyridine rings is 1. The number of aromatic amines is 1. The van der Waals surface area contributed by atoms with E-state index >= 15 is 0 Å². The number of imidazole rings is 1. The topological polar surface area (TPSA) is 53.6 Å². The third kappa shape index (κ3) is 2.71. The lowest BCUT2D eigenvalue weighted by Gasteiger charge is -2.08. The van der Waals surface area contributed by atoms with Crippen molar-refractivity contribution in [2.45, 2.75) is 26.8 Å². The summed E-state index contributed by atoms with van der Waals surface area (Å²) in [5.41, 5.74) is 2.98. The van der Waals surface area contributed by atoms with Gasteiger partial charge < -0.3 is 10.3 Å². The molecular formula is C13H18N4. The molecule has 1 atom stereocenters. The molecule has 2 aromatic heterocycles. The number of aromatic nitrogens is 3. The molecule has 0 fully saturated rings. The standard InChI is InChI=1S/C13H18N4/c1-4-14-10(3)12-8-15-13(17-12)11-7-5-6-9(2)16-11/h5-8,10,14H,4H2,1-3H3,(H,15,17). The van der Waals surface area contributed by atoms with Crippen molar-refractivity contribution in [3.05, 3.63) is 35.8 Å². The van der Waals surface area contributed by atoms with E-state index in [1.807, 2.05) is 31.3 Å². The van der Waals surface area contributed by atoms with Crippen LogP contribution >= 0.6 is 0 Å². The van der Waals surface area contributed by atoms with E-state index in [1.165, 1.54) is 0 Å². The molecule has 2 heterocycles. The van der Waals surface area contributed by atoms with Crippen LogP contribution in [0.2, 0.25) is 0 Å². The van der Waals surface area contributed by atoms with Crippen molar-refractivity contribution in [3.8, 4) is 11.5 Å². The summed E-state index contributed by atoms with van der Waals surface area (Å²) < 4.78 is 0. The third-order valence-corrected chi connectivity index (χ3v) is 2.70. The first-order valence-electron chi connectivity index (χ1n) is 5.93. The average molecular weight is 230 g/mol. The smallest absolute Gasteiger partial charge is 0.156 e. The Hall–Kier alpha value is -1.68. The van der Waals surface area contributed by atoms with Gasteiger partial charge in [0.2, 0.25) is 0 Å². The zero-order valence-corrected chi connectivity index (χ0v) is 10.5. The van der Waals surface area contributed by atoms with Crippen molar-refractivity contribution < 1.29 is 0 Å². The van der Waals surface area contributed by atoms with Gasteiger partial charge in [-0.25, -0.2) is 9.97 Å². The highest BCUT2D eigenvalue weighted by molar-refractivity contribution is 5.49. The highest BCUT2D eigenvalue weighted by Crippen LogP contribution is 2.16. The summed E-state index contributed by atoms with van der Waals surface area (Å²) in [6.45, 7) is 7.13. The van der Waals surface area contributed by atoms with Crippen molar-refractivity contribution in [3.63, 3.8) is 0 Å². The van der Waals surface area contributed by atoms with Gasteiger partial charge in [0.15, 0.2) is 5.82 Å². The molecule has 4 nitrogen and oxygen atoms in total. The Bertz CT molecular complexity index is 490. The second kappa shape index (κ2) is 5.10. The quantitative estimate of drug-likeness (QED) is 0.848. The lowest BCUT2D eigenvalue weighted by atomic mass is 10.2. The van der Waals surface area contributed by atoms with Crippen LogP contribution in [0.15, 0.2) is 24.4 Å². The Morgan fingerprint density at radius 1 is 1.41 bits per heavy atom. The van der Waals surface area contributed by atoms with Crippen LogP contribution in [0.1, 0.15) is 31.3 Å². The molecule has 0 aliphatic carbocycles. The molecule has 90 valence electrons. The molecule has 0 aliphatic heterocycles. The minimum Gasteiger partial charge on any atom is -0.339 e. The van der Waals surface area contributed by atoms with Gasteiger partial charge in [-0.2, -0.15) is 0 Å². The highest BCUT2D eigenvalue weighted by Gasteiger charge is 2.09. The Morgan fingerprint density at radius 2 is 2.24 bits per heavy atom. The van der Waals surface area contributed by atoms with Gasteiger partial charge in [-0.3, -0.25) is 0 Å². The predicted molar refractivity (Wildman–Crippen MR) is 68.6 cm³/mol. The minimum absolute atomic E-state index is 0.283. The molecule has 0 spiro atoms. The molecule has 0 amide bonds. The van der Waals surface area contributed by atoms with E-state index in [9.17, 15) is 0 Å². The molecule has 2 N–H and O–H groups in total. The van der Waals surface area contributed by atoms with Crippen LogP contribution in [0.5, 0.6) is 0 Å². The zero-order chi connectivity index (χ0) is 12.3. The first kappa shape index (κ1) is 11.8. The summed E-state index contributed by atoms with van der Waals surface area (Å²) in [6.07, 6.45) is 1.87. The number of aryl methyl sites for hydroxylation is 1. The second-order valence-corrected chi connectivity index (χ2v) is 4.13. The van der Waals surface area contributed by atoms with Crippen molar-refractivity contribution >= 4 is 0 Å². The maximum absolute atomic E-state index is 4.45. The summed E-state index contributed by atoms with van der Waals surface area (Å²) in [5.74, 6) is 0.827. The molecular weight excluding hydrogens is 212 g/mol. The molecule has 0 saturated heterocycles. The number of rotatable bonds is 4. The van der Waals surface area contributed by atoms with Crippen LogP contribution in [-0.4, -0.2) is 21.5 Å². The van der Waals surface area contributed by atoms with Crippen LogP contribution in [0, 0.1) is 6.92 Å². The fourth-order valence-corrected chi connectivity index (χ4v) is 1.78. The number of nitrogens with zero attached hydrogens (tertiary/aromatic N) is 2. The highest BCUT2D eigenvalue weighted by atomic mass is 15.0. The number of H-pyrrole nitrogens is 1. The van der Waals surface area contributed by atoms with E-state index in [0.717, 1.165) is 29.5 Å². The van der Waals surface area contributed by atoms with Gasteiger partial charge in [-0.1, -0.05) is 13.0 Å². The van der Waals surface area contributed by atoms with E-state index in [0.29, 0.717) is 0 Å². The van der Waals surface area contributed by atoms with E-state index in [4.69, 9.17) is 0 Å². The molecule has 4 heteroatoms. The van der Waals surface area contributed by atoms with Gasteiger partial charge in [0.05, 0.1) is 11.9 Å². The maximum atomic E-state index is 4.45. The van der Waals surface area contributed by atoms with Crippen molar-refractivity contribution in [1.29, 1.82) is 0 Å². The summed E-state index contributed by atoms with van der Waals surface area (Å²) in [5, 5.41) is 3.35. The van der Waals surface area contributed by atoms with Crippen LogP contribution in [0.4, 0.5) is 0 Å². The Balaban J connectivity index is 2.23. The maximum Gasteiger partial charge on any atom is 0.156 e. The van der Waals surface area contributed by atoms with Crippen molar-refractivity contribution in [2.24, 2.45) is 0 Å². The molecule has 0 saturated carbocycles. The minimum atomic E-state index is 0.283. The number of hydrogen-bond donors (Lipinski definition) is 2. The molecule has 0 aromatic carbocycles. The Labute approximate surface area is 102 Å². The second-order valence-electron chi connectivity index (χ2n) is 4.13. The molecule has 1 unspecified atom stereocenters. The van der Waals surface area contributed by atoms with E-state index in [1.54, 1.807) is 0 Å². The lowest BCUT2D eigenvalue weighted by Crippen LogP contribution is -2.17. The fourth-order valence-electron chi connectivity index (χ4n) is 1.78. The van der Waals surface area contributed by atoms with Gasteiger partial charge in [0, 0.05) is 11.7 Å². The predicted octanol–water partition coefficient (Wildman–Crippen LogP) is 2.45. The average Bonchev–Trinajstić information content (AvgIpc) is 2.78. The molecule has 2 rings (SSSR count). The SMILES string of the molecule is CCNC(C)c1cnc(-c2cccc(C)n2)[nH]1. The van der Waals surface area contributed by atoms with E-state index in [2.05, 4.69) is 34.1 Å². The number of hydrogen-bond acceptors (Lipinski definition) is 3. The normalized spacial score (nSPS) is 12.6. The van der Waals surface area contributed by atoms with E-state index in [-0.39, 0.29) is 6.04 Å². The summed E-state index contributed by atoms with van der Waals surface area (Å²) in [4.78, 5) is 12.1. The summed E-state index contributed by atoms with van der Waals surface area (Å²) >= 11 is 0. The fraction of sp³-hybridized carbons (Fsp3) is 0.385. The van der Waals surface area contributed by atoms with Crippen molar-refractivity contribution in [1.82, 2.24) is 20.3 Å². The molecule has 2 aromatic rings. The van der Waals surface area contributed by atoms with E-state index < -0.39 is 0 Å². The van der Waals surface area contributed by atoms with Crippen LogP contribution in [-0.2, 0) is 0 Å².